The summed E-state index contributed by atoms with van der Waals surface area (Å²) in [6.07, 6.45) is 8.00. The Hall–Kier alpha value is -1.55. The molecule has 27 heavy (non-hydrogen) atoms. The lowest BCUT2D eigenvalue weighted by molar-refractivity contribution is 0.00124. The minimum atomic E-state index is 0.390. The lowest BCUT2D eigenvalue weighted by atomic mass is 9.54. The van der Waals surface area contributed by atoms with Gasteiger partial charge in [-0.25, -0.2) is 4.99 Å². The second kappa shape index (κ2) is 5.97. The van der Waals surface area contributed by atoms with Crippen LogP contribution in [0.4, 0.5) is 5.69 Å². The maximum Gasteiger partial charge on any atom is 0.193 e. The number of aliphatic imine (C=N–C) groups is 1. The average molecular weight is 424 g/mol. The molecule has 7 rings (SSSR count). The van der Waals surface area contributed by atoms with Crippen molar-refractivity contribution >= 4 is 38.3 Å². The van der Waals surface area contributed by atoms with E-state index in [1.807, 2.05) is 0 Å². The van der Waals surface area contributed by atoms with E-state index in [2.05, 4.69) is 51.6 Å². The molecular formula is C23H26BrN3. The number of hydrogen-bond acceptors (Lipinski definition) is 1. The van der Waals surface area contributed by atoms with E-state index in [-0.39, 0.29) is 0 Å². The van der Waals surface area contributed by atoms with Gasteiger partial charge in [-0.1, -0.05) is 40.2 Å². The highest BCUT2D eigenvalue weighted by molar-refractivity contribution is 9.09. The van der Waals surface area contributed by atoms with Crippen LogP contribution in [0.1, 0.15) is 48.1 Å². The Kier molecular flexibility index (Phi) is 3.63. The quantitative estimate of drug-likeness (QED) is 0.386. The molecule has 0 spiro atoms. The summed E-state index contributed by atoms with van der Waals surface area (Å²) in [7, 11) is 0. The van der Waals surface area contributed by atoms with Crippen LogP contribution in [0.25, 0.3) is 10.8 Å². The minimum Gasteiger partial charge on any atom is -0.370 e. The summed E-state index contributed by atoms with van der Waals surface area (Å²) in [5, 5.41) is 6.17. The molecule has 2 aromatic rings. The van der Waals surface area contributed by atoms with Crippen LogP contribution in [0.3, 0.4) is 0 Å². The minimum absolute atomic E-state index is 0.390. The summed E-state index contributed by atoms with van der Waals surface area (Å²) in [4.78, 5) is 5.42. The van der Waals surface area contributed by atoms with Gasteiger partial charge in [0.2, 0.25) is 0 Å². The SMILES string of the molecule is NC(=NC1C2CC3CC(C2)CC1C3)Nc1ccc2cccc3c2c1CC3Br. The zero-order valence-corrected chi connectivity index (χ0v) is 17.1. The molecular weight excluding hydrogens is 398 g/mol. The van der Waals surface area contributed by atoms with E-state index in [4.69, 9.17) is 10.7 Å². The molecule has 1 unspecified atom stereocenters. The van der Waals surface area contributed by atoms with Crippen molar-refractivity contribution in [2.24, 2.45) is 34.4 Å². The van der Waals surface area contributed by atoms with E-state index in [1.54, 1.807) is 0 Å². The summed E-state index contributed by atoms with van der Waals surface area (Å²) >= 11 is 3.84. The zero-order valence-electron chi connectivity index (χ0n) is 15.5. The molecule has 3 nitrogen and oxygen atoms in total. The van der Waals surface area contributed by atoms with Crippen LogP contribution in [0, 0.1) is 23.7 Å². The van der Waals surface area contributed by atoms with E-state index < -0.39 is 0 Å². The molecule has 0 heterocycles. The monoisotopic (exact) mass is 423 g/mol. The molecule has 2 aromatic carbocycles. The number of rotatable bonds is 2. The van der Waals surface area contributed by atoms with Gasteiger partial charge in [0, 0.05) is 10.5 Å². The fourth-order valence-electron chi connectivity index (χ4n) is 6.80. The molecule has 0 amide bonds. The third-order valence-electron chi connectivity index (χ3n) is 7.63. The van der Waals surface area contributed by atoms with Crippen LogP contribution in [-0.4, -0.2) is 12.0 Å². The van der Waals surface area contributed by atoms with Gasteiger partial charge >= 0.3 is 0 Å². The van der Waals surface area contributed by atoms with Crippen molar-refractivity contribution in [3.05, 3.63) is 41.5 Å². The van der Waals surface area contributed by atoms with Gasteiger partial charge in [0.1, 0.15) is 0 Å². The number of guanidine groups is 1. The third kappa shape index (κ3) is 2.55. The number of halogens is 1. The second-order valence-corrected chi connectivity index (χ2v) is 10.4. The lowest BCUT2D eigenvalue weighted by Crippen LogP contribution is -2.48. The summed E-state index contributed by atoms with van der Waals surface area (Å²) in [5.41, 5.74) is 10.3. The number of nitrogens with one attached hydrogen (secondary N) is 1. The standard InChI is InChI=1S/C23H26BrN3/c24-19-11-18-20(5-4-14-2-1-3-17(19)21(14)18)26-23(25)27-22-15-7-12-6-13(9-15)10-16(22)8-12/h1-5,12-13,15-16,19,22H,6-11H2,(H3,25,26,27). The van der Waals surface area contributed by atoms with Crippen molar-refractivity contribution in [3.63, 3.8) is 0 Å². The number of benzene rings is 2. The molecule has 5 aliphatic rings. The van der Waals surface area contributed by atoms with Crippen molar-refractivity contribution in [3.8, 4) is 0 Å². The van der Waals surface area contributed by atoms with Crippen LogP contribution in [0.5, 0.6) is 0 Å². The Labute approximate surface area is 168 Å². The molecule has 0 radical (unpaired) electrons. The topological polar surface area (TPSA) is 50.4 Å². The van der Waals surface area contributed by atoms with Crippen LogP contribution in [0.15, 0.2) is 35.3 Å². The van der Waals surface area contributed by atoms with Crippen molar-refractivity contribution in [2.45, 2.75) is 49.4 Å². The van der Waals surface area contributed by atoms with E-state index in [0.29, 0.717) is 16.8 Å². The number of nitrogens with two attached hydrogens (primary N) is 1. The van der Waals surface area contributed by atoms with Gasteiger partial charge in [-0.2, -0.15) is 0 Å². The van der Waals surface area contributed by atoms with Gasteiger partial charge in [0.05, 0.1) is 6.04 Å². The van der Waals surface area contributed by atoms with Gasteiger partial charge in [0.15, 0.2) is 5.96 Å². The molecule has 1 atom stereocenters. The Morgan fingerprint density at radius 3 is 2.48 bits per heavy atom. The largest absolute Gasteiger partial charge is 0.370 e. The van der Waals surface area contributed by atoms with E-state index in [9.17, 15) is 0 Å². The first-order valence-electron chi connectivity index (χ1n) is 10.4. The first kappa shape index (κ1) is 16.4. The first-order chi connectivity index (χ1) is 13.2. The van der Waals surface area contributed by atoms with Gasteiger partial charge in [-0.05, 0) is 90.2 Å². The van der Waals surface area contributed by atoms with Crippen LogP contribution in [-0.2, 0) is 6.42 Å². The Morgan fingerprint density at radius 2 is 1.74 bits per heavy atom. The highest BCUT2D eigenvalue weighted by Gasteiger charge is 2.48. The van der Waals surface area contributed by atoms with Crippen LogP contribution in [0.2, 0.25) is 0 Å². The van der Waals surface area contributed by atoms with Gasteiger partial charge in [-0.15, -0.1) is 0 Å². The predicted octanol–water partition coefficient (Wildman–Crippen LogP) is 5.38. The summed E-state index contributed by atoms with van der Waals surface area (Å²) in [5.74, 6) is 4.10. The molecule has 4 heteroatoms. The summed E-state index contributed by atoms with van der Waals surface area (Å²) < 4.78 is 0. The maximum absolute atomic E-state index is 6.43. The first-order valence-corrected chi connectivity index (χ1v) is 11.4. The highest BCUT2D eigenvalue weighted by Crippen LogP contribution is 2.54. The van der Waals surface area contributed by atoms with Gasteiger partial charge in [-0.3, -0.25) is 0 Å². The Morgan fingerprint density at radius 1 is 1.00 bits per heavy atom. The molecule has 0 saturated heterocycles. The van der Waals surface area contributed by atoms with E-state index in [0.717, 1.165) is 35.8 Å². The number of nitrogens with zero attached hydrogens (tertiary/aromatic N) is 1. The fraction of sp³-hybridized carbons (Fsp3) is 0.522. The normalized spacial score (nSPS) is 36.6. The number of alkyl halides is 1. The van der Waals surface area contributed by atoms with E-state index >= 15 is 0 Å². The highest BCUT2D eigenvalue weighted by atomic mass is 79.9. The van der Waals surface area contributed by atoms with Gasteiger partial charge < -0.3 is 11.1 Å². The molecule has 5 aliphatic carbocycles. The van der Waals surface area contributed by atoms with E-state index in [1.165, 1.54) is 54.0 Å². The molecule has 0 aliphatic heterocycles. The molecule has 4 fully saturated rings. The molecule has 4 bridgehead atoms. The molecule has 3 N–H and O–H groups in total. The van der Waals surface area contributed by atoms with Crippen LogP contribution >= 0.6 is 15.9 Å². The third-order valence-corrected chi connectivity index (χ3v) is 8.45. The summed E-state index contributed by atoms with van der Waals surface area (Å²) in [6, 6.07) is 11.4. The predicted molar refractivity (Wildman–Crippen MR) is 115 cm³/mol. The average Bonchev–Trinajstić information content (AvgIpc) is 2.99. The Balaban J connectivity index is 1.30. The maximum atomic E-state index is 6.43. The fourth-order valence-corrected chi connectivity index (χ4v) is 7.51. The molecule has 0 aromatic heterocycles. The van der Waals surface area contributed by atoms with Crippen molar-refractivity contribution in [2.75, 3.05) is 5.32 Å². The van der Waals surface area contributed by atoms with Gasteiger partial charge in [0.25, 0.3) is 0 Å². The lowest BCUT2D eigenvalue weighted by Gasteiger charge is -2.53. The smallest absolute Gasteiger partial charge is 0.193 e. The summed E-state index contributed by atoms with van der Waals surface area (Å²) in [6.45, 7) is 0. The van der Waals surface area contributed by atoms with Crippen LogP contribution < -0.4 is 11.1 Å². The van der Waals surface area contributed by atoms with Crippen molar-refractivity contribution in [1.29, 1.82) is 0 Å². The van der Waals surface area contributed by atoms with Crippen molar-refractivity contribution in [1.82, 2.24) is 0 Å². The molecule has 4 saturated carbocycles. The van der Waals surface area contributed by atoms with Crippen molar-refractivity contribution < 1.29 is 0 Å². The second-order valence-electron chi connectivity index (χ2n) is 9.27. The molecule has 140 valence electrons. The zero-order chi connectivity index (χ0) is 18.1. The Bertz CT molecular complexity index is 922. The number of hydrogen-bond donors (Lipinski definition) is 2. The number of anilines is 1.